The number of rotatable bonds is 20. The van der Waals surface area contributed by atoms with Gasteiger partial charge in [-0.3, -0.25) is 4.79 Å². The molecular weight excluding hydrogens is 778 g/mol. The van der Waals surface area contributed by atoms with Crippen LogP contribution in [0, 0.1) is 11.6 Å². The first-order chi connectivity index (χ1) is 25.7. The number of nitrogens with one attached hydrogen (secondary N) is 3. The molecule has 3 N–H and O–H groups in total. The Bertz CT molecular complexity index is 1820. The van der Waals surface area contributed by atoms with E-state index in [1.165, 1.54) is 0 Å². The fourth-order valence-corrected chi connectivity index (χ4v) is 9.96. The van der Waals surface area contributed by atoms with Crippen molar-refractivity contribution in [2.75, 3.05) is 23.8 Å². The highest BCUT2D eigenvalue weighted by Gasteiger charge is 2.44. The lowest BCUT2D eigenvalue weighted by atomic mass is 9.99. The van der Waals surface area contributed by atoms with Crippen LogP contribution < -0.4 is 16.0 Å². The molecule has 2 aromatic carbocycles. The molecule has 1 unspecified atom stereocenters. The molecule has 1 fully saturated rings. The summed E-state index contributed by atoms with van der Waals surface area (Å²) in [6.45, 7) is 4.95. The Labute approximate surface area is 318 Å². The molecule has 1 aliphatic heterocycles. The zero-order chi connectivity index (χ0) is 41.0. The number of carbonyl (C=O) groups is 3. The summed E-state index contributed by atoms with van der Waals surface area (Å²) < 4.78 is 130. The summed E-state index contributed by atoms with van der Waals surface area (Å²) in [6.07, 6.45) is -8.43. The summed E-state index contributed by atoms with van der Waals surface area (Å²) in [7, 11) is -7.68. The van der Waals surface area contributed by atoms with Crippen LogP contribution in [0.3, 0.4) is 0 Å². The third-order valence-corrected chi connectivity index (χ3v) is 12.9. The molecule has 55 heavy (non-hydrogen) atoms. The van der Waals surface area contributed by atoms with Gasteiger partial charge in [-0.2, -0.15) is 13.2 Å². The zero-order valence-electron chi connectivity index (χ0n) is 30.8. The topological polar surface area (TPSA) is 174 Å². The maximum atomic E-state index is 14.3. The maximum absolute atomic E-state index is 14.3. The van der Waals surface area contributed by atoms with Gasteiger partial charge in [-0.1, -0.05) is 57.9 Å². The predicted molar refractivity (Wildman–Crippen MR) is 193 cm³/mol. The highest BCUT2D eigenvalue weighted by Crippen LogP contribution is 2.22. The first kappa shape index (κ1) is 45.5. The minimum Gasteiger partial charge on any atom is -0.452 e. The van der Waals surface area contributed by atoms with Gasteiger partial charge < -0.3 is 25.4 Å². The van der Waals surface area contributed by atoms with Crippen LogP contribution in [0.25, 0.3) is 0 Å². The molecule has 3 rings (SSSR count). The molecule has 0 spiro atoms. The van der Waals surface area contributed by atoms with Crippen molar-refractivity contribution in [2.24, 2.45) is 0 Å². The number of amides is 2. The van der Waals surface area contributed by atoms with Gasteiger partial charge in [0, 0.05) is 19.2 Å². The van der Waals surface area contributed by atoms with Gasteiger partial charge in [0.2, 0.25) is 5.91 Å². The predicted octanol–water partition coefficient (Wildman–Crippen LogP) is 4.48. The van der Waals surface area contributed by atoms with Crippen LogP contribution in [0.4, 0.5) is 26.7 Å². The van der Waals surface area contributed by atoms with Crippen molar-refractivity contribution in [1.82, 2.24) is 16.0 Å². The molecule has 1 saturated heterocycles. The monoisotopic (exact) mass is 825 g/mol. The minimum absolute atomic E-state index is 0.0474. The van der Waals surface area contributed by atoms with E-state index in [-0.39, 0.29) is 37.1 Å². The van der Waals surface area contributed by atoms with Crippen molar-refractivity contribution >= 4 is 37.6 Å². The third kappa shape index (κ3) is 15.0. The number of hydrogen-bond donors (Lipinski definition) is 3. The van der Waals surface area contributed by atoms with Gasteiger partial charge in [-0.15, -0.1) is 0 Å². The van der Waals surface area contributed by atoms with Crippen LogP contribution >= 0.6 is 0 Å². The average Bonchev–Trinajstić information content (AvgIpc) is 3.43. The molecule has 19 heteroatoms. The molecule has 0 aromatic heterocycles. The Balaban J connectivity index is 2.02. The second-order valence-electron chi connectivity index (χ2n) is 13.5. The van der Waals surface area contributed by atoms with E-state index in [1.807, 2.05) is 19.1 Å². The quantitative estimate of drug-likeness (QED) is 0.128. The maximum Gasteiger partial charge on any atom is 0.490 e. The van der Waals surface area contributed by atoms with Gasteiger partial charge in [0.05, 0.1) is 28.6 Å². The van der Waals surface area contributed by atoms with Crippen LogP contribution in [0.1, 0.15) is 69.6 Å². The number of carbonyl (C=O) groups excluding carboxylic acids is 3. The van der Waals surface area contributed by atoms with E-state index in [0.717, 1.165) is 17.7 Å². The van der Waals surface area contributed by atoms with Crippen molar-refractivity contribution in [3.63, 3.8) is 0 Å². The Kier molecular flexibility index (Phi) is 16.9. The van der Waals surface area contributed by atoms with E-state index in [9.17, 15) is 53.2 Å². The number of hydrogen-bond acceptors (Lipinski definition) is 10. The standard InChI is InChI=1S/C36H48F5N3O9S2/c1-4-8-29(9-5-2)55(50,51)22-31(44-35(47)52-28-12-13-54(48,49)21-28)33(45)43-30(17-25-15-26(37)18-27(38)16-25)32(53-34(46)36(39,40)41)20-42-19-24-11-7-10-23(6-3)14-24/h7,10-11,14-16,18,28-32,42H,4-6,8-9,12-13,17,19-22H2,1-3H3,(H,43,45)(H,44,47)/t28-,30-,31?,32+/m0/s1. The van der Waals surface area contributed by atoms with Gasteiger partial charge in [-0.05, 0) is 60.9 Å². The number of aryl methyl sites for hydroxylation is 1. The molecule has 0 saturated carbocycles. The summed E-state index contributed by atoms with van der Waals surface area (Å²) in [6, 6.07) is 5.79. The van der Waals surface area contributed by atoms with Crippen molar-refractivity contribution in [1.29, 1.82) is 0 Å². The van der Waals surface area contributed by atoms with E-state index in [4.69, 9.17) is 9.47 Å². The van der Waals surface area contributed by atoms with Crippen LogP contribution in [-0.4, -0.2) is 94.3 Å². The van der Waals surface area contributed by atoms with Crippen molar-refractivity contribution in [3.05, 3.63) is 70.8 Å². The molecule has 12 nitrogen and oxygen atoms in total. The summed E-state index contributed by atoms with van der Waals surface area (Å²) in [5.41, 5.74) is 1.50. The summed E-state index contributed by atoms with van der Waals surface area (Å²) in [4.78, 5) is 39.3. The molecule has 308 valence electrons. The molecule has 0 aliphatic carbocycles. The molecule has 1 heterocycles. The van der Waals surface area contributed by atoms with E-state index in [0.29, 0.717) is 30.9 Å². The molecule has 2 aromatic rings. The van der Waals surface area contributed by atoms with Crippen molar-refractivity contribution in [2.45, 2.75) is 108 Å². The lowest BCUT2D eigenvalue weighted by Crippen LogP contribution is -2.58. The number of sulfone groups is 2. The average molecular weight is 826 g/mol. The number of esters is 1. The lowest BCUT2D eigenvalue weighted by molar-refractivity contribution is -0.206. The van der Waals surface area contributed by atoms with Crippen LogP contribution in [0.5, 0.6) is 0 Å². The Morgan fingerprint density at radius 2 is 1.56 bits per heavy atom. The molecule has 0 bridgehead atoms. The van der Waals surface area contributed by atoms with Crippen LogP contribution in [0.2, 0.25) is 0 Å². The second-order valence-corrected chi connectivity index (χ2v) is 18.1. The minimum atomic E-state index is -5.49. The lowest BCUT2D eigenvalue weighted by Gasteiger charge is -2.31. The Hall–Kier alpha value is -3.84. The first-order valence-corrected chi connectivity index (χ1v) is 21.5. The van der Waals surface area contributed by atoms with Crippen molar-refractivity contribution in [3.8, 4) is 0 Å². The summed E-state index contributed by atoms with van der Waals surface area (Å²) in [5, 5.41) is 6.48. The first-order valence-electron chi connectivity index (χ1n) is 18.0. The number of alkyl halides is 3. The highest BCUT2D eigenvalue weighted by molar-refractivity contribution is 7.92. The second kappa shape index (κ2) is 20.4. The normalized spacial score (nSPS) is 17.3. The van der Waals surface area contributed by atoms with Crippen molar-refractivity contribution < 1.29 is 62.6 Å². The van der Waals surface area contributed by atoms with Gasteiger partial charge in [0.15, 0.2) is 19.7 Å². The number of halogens is 5. The summed E-state index contributed by atoms with van der Waals surface area (Å²) >= 11 is 0. The van der Waals surface area contributed by atoms with Crippen LogP contribution in [-0.2, 0) is 58.1 Å². The summed E-state index contributed by atoms with van der Waals surface area (Å²) in [5.74, 6) is -7.78. The van der Waals surface area contributed by atoms with Gasteiger partial charge in [-0.25, -0.2) is 35.2 Å². The fraction of sp³-hybridized carbons (Fsp3) is 0.583. The van der Waals surface area contributed by atoms with Crippen LogP contribution in [0.15, 0.2) is 42.5 Å². The highest BCUT2D eigenvalue weighted by atomic mass is 32.2. The Morgan fingerprint density at radius 1 is 0.927 bits per heavy atom. The zero-order valence-corrected chi connectivity index (χ0v) is 32.4. The van der Waals surface area contributed by atoms with E-state index >= 15 is 0 Å². The van der Waals surface area contributed by atoms with Gasteiger partial charge in [0.1, 0.15) is 29.9 Å². The fourth-order valence-electron chi connectivity index (χ4n) is 6.21. The van der Waals surface area contributed by atoms with E-state index in [1.54, 1.807) is 26.0 Å². The number of benzene rings is 2. The number of alkyl carbamates (subject to hydrolysis) is 1. The Morgan fingerprint density at radius 3 is 2.13 bits per heavy atom. The van der Waals surface area contributed by atoms with Gasteiger partial charge in [0.25, 0.3) is 0 Å². The smallest absolute Gasteiger partial charge is 0.452 e. The molecular formula is C36H48F5N3O9S2. The molecule has 1 aliphatic rings. The molecule has 4 atom stereocenters. The van der Waals surface area contributed by atoms with Gasteiger partial charge >= 0.3 is 18.2 Å². The molecule has 2 amide bonds. The number of ether oxygens (including phenoxy) is 2. The van der Waals surface area contributed by atoms with E-state index in [2.05, 4.69) is 16.0 Å². The third-order valence-electron chi connectivity index (χ3n) is 8.92. The largest absolute Gasteiger partial charge is 0.490 e. The van der Waals surface area contributed by atoms with E-state index < -0.39 is 109 Å². The SMILES string of the molecule is CCCC(CCC)S(=O)(=O)CC(NC(=O)O[C@H]1CCS(=O)(=O)C1)C(=O)N[C@@H](Cc1cc(F)cc(F)c1)[C@@H](CNCc1cccc(CC)c1)OC(=O)C(F)(F)F. The molecule has 0 radical (unpaired) electrons.